The summed E-state index contributed by atoms with van der Waals surface area (Å²) in [6.07, 6.45) is -1.36. The topological polar surface area (TPSA) is 210 Å². The van der Waals surface area contributed by atoms with Crippen LogP contribution in [0.1, 0.15) is 77.1 Å². The Morgan fingerprint density at radius 1 is 1.14 bits per heavy atom. The number of esters is 1. The molecule has 3 N–H and O–H groups in total. The molecule has 5 atom stereocenters. The van der Waals surface area contributed by atoms with Gasteiger partial charge in [-0.25, -0.2) is 19.9 Å². The lowest BCUT2D eigenvalue weighted by molar-refractivity contribution is -0.155. The molecule has 2 fully saturated rings. The molecule has 72 heavy (non-hydrogen) atoms. The Hall–Kier alpha value is -6.39. The van der Waals surface area contributed by atoms with Crippen LogP contribution in [0.25, 0.3) is 33.5 Å². The number of amides is 5. The number of aryl methyl sites for hydroxylation is 1. The van der Waals surface area contributed by atoms with Crippen LogP contribution in [0, 0.1) is 11.3 Å². The van der Waals surface area contributed by atoms with Crippen molar-refractivity contribution in [2.75, 3.05) is 53.6 Å². The van der Waals surface area contributed by atoms with E-state index in [1.165, 1.54) is 43.1 Å². The third kappa shape index (κ3) is 11.4. The Bertz CT molecular complexity index is 2680. The second kappa shape index (κ2) is 21.8. The van der Waals surface area contributed by atoms with Crippen molar-refractivity contribution in [2.45, 2.75) is 110 Å². The highest BCUT2D eigenvalue weighted by Gasteiger charge is 2.41. The molecule has 3 aliphatic heterocycles. The third-order valence-corrected chi connectivity index (χ3v) is 13.7. The first-order valence-electron chi connectivity index (χ1n) is 24.3. The van der Waals surface area contributed by atoms with Crippen LogP contribution >= 0.6 is 0 Å². The number of benzene rings is 1. The van der Waals surface area contributed by atoms with Crippen LogP contribution in [0.3, 0.4) is 0 Å². The molecule has 2 saturated heterocycles. The monoisotopic (exact) mass is 1010 g/mol. The van der Waals surface area contributed by atoms with Gasteiger partial charge in [0.2, 0.25) is 11.8 Å². The Morgan fingerprint density at radius 3 is 2.57 bits per heavy atom. The van der Waals surface area contributed by atoms with Crippen LogP contribution in [0.15, 0.2) is 49.2 Å². The quantitative estimate of drug-likeness (QED) is 0.132. The second-order valence-electron chi connectivity index (χ2n) is 20.0. The highest BCUT2D eigenvalue weighted by molar-refractivity contribution is 5.95. The van der Waals surface area contributed by atoms with Crippen molar-refractivity contribution in [3.8, 4) is 22.6 Å². The van der Waals surface area contributed by atoms with Gasteiger partial charge in [-0.05, 0) is 80.5 Å². The van der Waals surface area contributed by atoms with E-state index in [9.17, 15) is 42.3 Å². The number of nitrogens with zero attached hydrogens (tertiary/aromatic N) is 9. The van der Waals surface area contributed by atoms with Crippen LogP contribution < -0.4 is 10.7 Å². The van der Waals surface area contributed by atoms with E-state index in [1.54, 1.807) is 64.3 Å². The molecular weight excluding hydrogens is 940 g/mol. The number of urea groups is 1. The number of halogens is 3. The fourth-order valence-corrected chi connectivity index (χ4v) is 10.2. The van der Waals surface area contributed by atoms with Gasteiger partial charge in [0.1, 0.15) is 24.7 Å². The molecule has 1 aromatic carbocycles. The lowest BCUT2D eigenvalue weighted by Gasteiger charge is -2.37. The number of likely N-dealkylation sites (N-methyl/N-ethyl adjacent to an activating group) is 1. The van der Waals surface area contributed by atoms with Crippen molar-refractivity contribution in [3.05, 3.63) is 66.3 Å². The first kappa shape index (κ1) is 53.4. The summed E-state index contributed by atoms with van der Waals surface area (Å²) in [5, 5.41) is 19.0. The molecular formula is C50H66F3N11O8. The predicted molar refractivity (Wildman–Crippen MR) is 259 cm³/mol. The van der Waals surface area contributed by atoms with Gasteiger partial charge in [0, 0.05) is 87.4 Å². The lowest BCUT2D eigenvalue weighted by Crippen LogP contribution is -2.62. The fraction of sp³-hybridized carbons (Fsp3) is 0.560. The second-order valence-corrected chi connectivity index (χ2v) is 20.0. The maximum Gasteiger partial charge on any atom is 0.406 e. The maximum absolute atomic E-state index is 14.7. The lowest BCUT2D eigenvalue weighted by atomic mass is 9.84. The largest absolute Gasteiger partial charge is 0.464 e. The zero-order valence-corrected chi connectivity index (χ0v) is 42.2. The molecule has 0 spiro atoms. The number of likely N-dealkylation sites (tertiary alicyclic amines) is 1. The molecule has 0 radical (unpaired) electrons. The Morgan fingerprint density at radius 2 is 1.89 bits per heavy atom. The van der Waals surface area contributed by atoms with E-state index >= 15 is 0 Å². The highest BCUT2D eigenvalue weighted by Crippen LogP contribution is 2.43. The van der Waals surface area contributed by atoms with Gasteiger partial charge < -0.3 is 39.2 Å². The van der Waals surface area contributed by atoms with E-state index in [0.29, 0.717) is 64.1 Å². The summed E-state index contributed by atoms with van der Waals surface area (Å²) in [6.45, 7) is 11.6. The number of aromatic nitrogens is 5. The summed E-state index contributed by atoms with van der Waals surface area (Å²) in [5.41, 5.74) is 4.73. The Labute approximate surface area is 416 Å². The maximum atomic E-state index is 14.7. The molecule has 6 heterocycles. The summed E-state index contributed by atoms with van der Waals surface area (Å²) in [7, 11) is 4.66. The SMILES string of the molecule is C=CC(=O)N(CCO)[C@H]1CCN(C(=O)N(C)[C@H](C(=O)NC2Cc3nc(n(C)n3)-c3ccc4c(c3)c(c(-c3cccnc3[C@H](C)OC)n4CC(F)(F)F)CC(C)(C)COC(=O)[C@@H]3CCCN(N3)C2=O)C(C)C)C1. The first-order valence-corrected chi connectivity index (χ1v) is 24.3. The number of carbonyl (C=O) groups excluding carboxylic acids is 5. The molecule has 0 aliphatic carbocycles. The number of methoxy groups -OCH3 is 1. The Kier molecular flexibility index (Phi) is 16.1. The van der Waals surface area contributed by atoms with Crippen molar-refractivity contribution >= 4 is 40.6 Å². The molecule has 3 aromatic heterocycles. The minimum Gasteiger partial charge on any atom is -0.464 e. The first-order chi connectivity index (χ1) is 34.1. The molecule has 390 valence electrons. The fourth-order valence-electron chi connectivity index (χ4n) is 10.2. The molecule has 7 rings (SSSR count). The number of hydrogen-bond acceptors (Lipinski definition) is 12. The standard InChI is InChI=1S/C50H66F3N11O8/c1-10-40(66)62(21-22-65)32-17-20-61(26-32)48(70)59(7)42(29(2)3)45(67)55-37-24-39-56-44(60(8)58-39)31-15-16-38-34(23-31)35(25-49(5,6)28-72-47(69)36-14-12-19-64(57-36)46(37)68)43(63(38)27-50(51,52)53)33-13-11-18-54-41(33)30(4)71-9/h10-11,13,15-16,18,23,29-30,32,36-37,42,57,65H,1,12,14,17,19-22,24-28H2,2-9H3,(H,55,67)/t30-,32-,36-,37?,42-/m0/s1. The van der Waals surface area contributed by atoms with Gasteiger partial charge in [-0.15, -0.1) is 0 Å². The zero-order valence-electron chi connectivity index (χ0n) is 42.2. The number of aliphatic hydroxyl groups is 1. The van der Waals surface area contributed by atoms with Crippen molar-refractivity contribution in [3.63, 3.8) is 0 Å². The van der Waals surface area contributed by atoms with Gasteiger partial charge in [-0.3, -0.25) is 29.2 Å². The van der Waals surface area contributed by atoms with Crippen molar-refractivity contribution < 1.29 is 51.7 Å². The molecule has 22 heteroatoms. The number of nitrogens with one attached hydrogen (secondary N) is 2. The van der Waals surface area contributed by atoms with E-state index in [-0.39, 0.29) is 70.0 Å². The minimum absolute atomic E-state index is 0.0671. The number of hydrazine groups is 1. The minimum atomic E-state index is -4.62. The number of rotatable bonds is 12. The molecule has 6 bridgehead atoms. The predicted octanol–water partition coefficient (Wildman–Crippen LogP) is 4.57. The van der Waals surface area contributed by atoms with E-state index < -0.39 is 72.1 Å². The van der Waals surface area contributed by atoms with E-state index in [4.69, 9.17) is 14.5 Å². The van der Waals surface area contributed by atoms with E-state index in [2.05, 4.69) is 27.4 Å². The molecule has 1 unspecified atom stereocenters. The summed E-state index contributed by atoms with van der Waals surface area (Å²) in [5.74, 6) is -2.20. The average Bonchev–Trinajstić information content (AvgIpc) is 4.05. The molecule has 5 amide bonds. The molecule has 4 aromatic rings. The van der Waals surface area contributed by atoms with Gasteiger partial charge in [0.05, 0.1) is 36.7 Å². The van der Waals surface area contributed by atoms with Gasteiger partial charge in [0.15, 0.2) is 11.6 Å². The number of cyclic esters (lactones) is 1. The number of hydrogen-bond donors (Lipinski definition) is 3. The molecule has 19 nitrogen and oxygen atoms in total. The van der Waals surface area contributed by atoms with Crippen LogP contribution in [0.4, 0.5) is 18.0 Å². The van der Waals surface area contributed by atoms with Crippen LogP contribution in [-0.4, -0.2) is 163 Å². The summed E-state index contributed by atoms with van der Waals surface area (Å²) < 4.78 is 58.5. The summed E-state index contributed by atoms with van der Waals surface area (Å²) >= 11 is 0. The molecule has 0 saturated carbocycles. The van der Waals surface area contributed by atoms with E-state index in [1.807, 2.05) is 13.8 Å². The molecule has 3 aliphatic rings. The van der Waals surface area contributed by atoms with Crippen LogP contribution in [0.2, 0.25) is 0 Å². The number of fused-ring (bicyclic) bond motifs is 6. The average molecular weight is 1010 g/mol. The van der Waals surface area contributed by atoms with Gasteiger partial charge >= 0.3 is 18.2 Å². The normalized spacial score (nSPS) is 20.5. The number of aliphatic hydroxyl groups excluding tert-OH is 1. The number of ether oxygens (including phenoxy) is 2. The Balaban J connectivity index is 1.29. The third-order valence-electron chi connectivity index (χ3n) is 13.7. The zero-order chi connectivity index (χ0) is 52.4. The van der Waals surface area contributed by atoms with Gasteiger partial charge in [-0.2, -0.15) is 18.3 Å². The van der Waals surface area contributed by atoms with Crippen LogP contribution in [0.5, 0.6) is 0 Å². The summed E-state index contributed by atoms with van der Waals surface area (Å²) in [4.78, 5) is 83.7. The van der Waals surface area contributed by atoms with Gasteiger partial charge in [-0.1, -0.05) is 34.3 Å². The number of pyridine rings is 1. The number of carbonyl (C=O) groups is 5. The van der Waals surface area contributed by atoms with Crippen molar-refractivity contribution in [1.29, 1.82) is 0 Å². The van der Waals surface area contributed by atoms with Gasteiger partial charge in [0.25, 0.3) is 5.91 Å². The van der Waals surface area contributed by atoms with Crippen molar-refractivity contribution in [1.82, 2.24) is 54.8 Å². The van der Waals surface area contributed by atoms with Crippen LogP contribution in [-0.2, 0) is 55.1 Å². The van der Waals surface area contributed by atoms with E-state index in [0.717, 1.165) is 6.08 Å². The smallest absolute Gasteiger partial charge is 0.406 e. The summed E-state index contributed by atoms with van der Waals surface area (Å²) in [6, 6.07) is 4.24. The highest BCUT2D eigenvalue weighted by atomic mass is 19.4. The number of alkyl halides is 3. The van der Waals surface area contributed by atoms with Crippen molar-refractivity contribution in [2.24, 2.45) is 18.4 Å².